The number of hydrogen-bond acceptors (Lipinski definition) is 3. The van der Waals surface area contributed by atoms with Gasteiger partial charge in [-0.25, -0.2) is 0 Å². The molecule has 4 heteroatoms. The van der Waals surface area contributed by atoms with Crippen LogP contribution in [0.3, 0.4) is 0 Å². The fourth-order valence-electron chi connectivity index (χ4n) is 2.44. The van der Waals surface area contributed by atoms with Gasteiger partial charge >= 0.3 is 0 Å². The van der Waals surface area contributed by atoms with Crippen molar-refractivity contribution in [3.05, 3.63) is 0 Å². The van der Waals surface area contributed by atoms with Crippen LogP contribution < -0.4 is 11.1 Å². The van der Waals surface area contributed by atoms with E-state index < -0.39 is 0 Å². The monoisotopic (exact) mass is 227 g/mol. The lowest BCUT2D eigenvalue weighted by Gasteiger charge is -2.41. The van der Waals surface area contributed by atoms with Gasteiger partial charge in [0.05, 0.1) is 0 Å². The zero-order valence-electron chi connectivity index (χ0n) is 10.6. The van der Waals surface area contributed by atoms with E-state index in [9.17, 15) is 4.79 Å². The van der Waals surface area contributed by atoms with Crippen molar-refractivity contribution in [2.75, 3.05) is 26.2 Å². The Hall–Kier alpha value is -0.610. The normalized spacial score (nSPS) is 20.9. The summed E-state index contributed by atoms with van der Waals surface area (Å²) in [5.41, 5.74) is 5.32. The second kappa shape index (κ2) is 6.21. The lowest BCUT2D eigenvalue weighted by atomic mass is 9.84. The Morgan fingerprint density at radius 2 is 2.00 bits per heavy atom. The van der Waals surface area contributed by atoms with Gasteiger partial charge in [-0.2, -0.15) is 0 Å². The molecule has 1 aliphatic rings. The Balaban J connectivity index is 2.55. The Bertz CT molecular complexity index is 222. The highest BCUT2D eigenvalue weighted by molar-refractivity contribution is 5.75. The largest absolute Gasteiger partial charge is 0.370 e. The zero-order valence-corrected chi connectivity index (χ0v) is 10.6. The van der Waals surface area contributed by atoms with Crippen LogP contribution in [0.5, 0.6) is 0 Å². The van der Waals surface area contributed by atoms with E-state index in [1.807, 2.05) is 0 Å². The number of rotatable bonds is 6. The number of piperidine rings is 1. The summed E-state index contributed by atoms with van der Waals surface area (Å²) in [6.07, 6.45) is 3.64. The predicted molar refractivity (Wildman–Crippen MR) is 66.2 cm³/mol. The number of likely N-dealkylation sites (tertiary alicyclic amines) is 1. The van der Waals surface area contributed by atoms with E-state index in [0.717, 1.165) is 45.4 Å². The molecule has 0 aromatic heterocycles. The van der Waals surface area contributed by atoms with E-state index in [1.165, 1.54) is 0 Å². The molecule has 16 heavy (non-hydrogen) atoms. The van der Waals surface area contributed by atoms with Crippen molar-refractivity contribution in [2.45, 2.75) is 45.1 Å². The van der Waals surface area contributed by atoms with Crippen molar-refractivity contribution < 1.29 is 4.79 Å². The molecule has 1 saturated heterocycles. The molecule has 1 amide bonds. The summed E-state index contributed by atoms with van der Waals surface area (Å²) in [6.45, 7) is 8.54. The number of hydrogen-bond donors (Lipinski definition) is 2. The third-order valence-electron chi connectivity index (χ3n) is 3.52. The Morgan fingerprint density at radius 3 is 2.44 bits per heavy atom. The van der Waals surface area contributed by atoms with Gasteiger partial charge in [-0.05, 0) is 45.4 Å². The molecule has 0 bridgehead atoms. The van der Waals surface area contributed by atoms with E-state index in [4.69, 9.17) is 5.73 Å². The van der Waals surface area contributed by atoms with Crippen LogP contribution in [-0.2, 0) is 4.79 Å². The Morgan fingerprint density at radius 1 is 1.38 bits per heavy atom. The fourth-order valence-corrected chi connectivity index (χ4v) is 2.44. The number of nitrogens with zero attached hydrogens (tertiary/aromatic N) is 1. The molecule has 1 aliphatic heterocycles. The maximum atomic E-state index is 11.2. The van der Waals surface area contributed by atoms with E-state index >= 15 is 0 Å². The number of amides is 1. The van der Waals surface area contributed by atoms with Crippen molar-refractivity contribution >= 4 is 5.91 Å². The molecule has 1 heterocycles. The van der Waals surface area contributed by atoms with E-state index in [0.29, 0.717) is 6.42 Å². The Kier molecular flexibility index (Phi) is 5.22. The molecule has 0 spiro atoms. The van der Waals surface area contributed by atoms with Gasteiger partial charge in [-0.3, -0.25) is 4.79 Å². The van der Waals surface area contributed by atoms with Gasteiger partial charge < -0.3 is 16.0 Å². The highest BCUT2D eigenvalue weighted by Gasteiger charge is 2.34. The fraction of sp³-hybridized carbons (Fsp3) is 0.917. The molecule has 1 fully saturated rings. The van der Waals surface area contributed by atoms with Crippen LogP contribution in [0.15, 0.2) is 0 Å². The molecule has 0 aromatic carbocycles. The molecule has 0 radical (unpaired) electrons. The average molecular weight is 227 g/mol. The van der Waals surface area contributed by atoms with Crippen molar-refractivity contribution in [2.24, 2.45) is 5.73 Å². The van der Waals surface area contributed by atoms with Crippen molar-refractivity contribution in [3.8, 4) is 0 Å². The smallest absolute Gasteiger partial charge is 0.219 e. The number of nitrogens with two attached hydrogens (primary N) is 1. The molecule has 94 valence electrons. The summed E-state index contributed by atoms with van der Waals surface area (Å²) in [7, 11) is 0. The zero-order chi connectivity index (χ0) is 12.0. The molecule has 3 N–H and O–H groups in total. The minimum absolute atomic E-state index is 0.0342. The first kappa shape index (κ1) is 13.5. The lowest BCUT2D eigenvalue weighted by molar-refractivity contribution is -0.120. The summed E-state index contributed by atoms with van der Waals surface area (Å²) in [6, 6.07) is 0. The van der Waals surface area contributed by atoms with Gasteiger partial charge in [0, 0.05) is 12.0 Å². The molecule has 4 nitrogen and oxygen atoms in total. The first-order valence-electron chi connectivity index (χ1n) is 6.37. The molecular weight excluding hydrogens is 202 g/mol. The third-order valence-corrected chi connectivity index (χ3v) is 3.52. The van der Waals surface area contributed by atoms with Crippen molar-refractivity contribution in [1.29, 1.82) is 0 Å². The average Bonchev–Trinajstić information content (AvgIpc) is 2.27. The van der Waals surface area contributed by atoms with Crippen LogP contribution in [-0.4, -0.2) is 42.5 Å². The summed E-state index contributed by atoms with van der Waals surface area (Å²) in [4.78, 5) is 13.6. The highest BCUT2D eigenvalue weighted by atomic mass is 16.1. The highest BCUT2D eigenvalue weighted by Crippen LogP contribution is 2.25. The minimum atomic E-state index is -0.187. The number of primary amides is 1. The van der Waals surface area contributed by atoms with Gasteiger partial charge in [0.2, 0.25) is 5.91 Å². The van der Waals surface area contributed by atoms with E-state index in [2.05, 4.69) is 24.1 Å². The summed E-state index contributed by atoms with van der Waals surface area (Å²) >= 11 is 0. The van der Waals surface area contributed by atoms with Crippen LogP contribution in [0, 0.1) is 0 Å². The maximum absolute atomic E-state index is 11.2. The molecule has 0 aromatic rings. The SMILES string of the molecule is CCCNC1(CC(N)=O)CCN(CC)CC1. The van der Waals surface area contributed by atoms with E-state index in [-0.39, 0.29) is 11.4 Å². The van der Waals surface area contributed by atoms with Gasteiger partial charge in [0.1, 0.15) is 0 Å². The maximum Gasteiger partial charge on any atom is 0.219 e. The second-order valence-corrected chi connectivity index (χ2v) is 4.78. The number of nitrogens with one attached hydrogen (secondary N) is 1. The summed E-state index contributed by atoms with van der Waals surface area (Å²) in [5, 5.41) is 3.53. The number of carbonyl (C=O) groups excluding carboxylic acids is 1. The van der Waals surface area contributed by atoms with Gasteiger partial charge in [0.25, 0.3) is 0 Å². The van der Waals surface area contributed by atoms with Crippen molar-refractivity contribution in [3.63, 3.8) is 0 Å². The molecule has 0 saturated carbocycles. The van der Waals surface area contributed by atoms with Gasteiger partial charge in [0.15, 0.2) is 0 Å². The standard InChI is InChI=1S/C12H25N3O/c1-3-7-14-12(10-11(13)16)5-8-15(4-2)9-6-12/h14H,3-10H2,1-2H3,(H2,13,16). The Labute approximate surface area is 98.6 Å². The molecule has 0 atom stereocenters. The van der Waals surface area contributed by atoms with Gasteiger partial charge in [-0.15, -0.1) is 0 Å². The third kappa shape index (κ3) is 3.76. The second-order valence-electron chi connectivity index (χ2n) is 4.78. The van der Waals surface area contributed by atoms with Crippen LogP contribution in [0.4, 0.5) is 0 Å². The molecule has 0 aliphatic carbocycles. The van der Waals surface area contributed by atoms with Crippen LogP contribution in [0.2, 0.25) is 0 Å². The van der Waals surface area contributed by atoms with E-state index in [1.54, 1.807) is 0 Å². The first-order chi connectivity index (χ1) is 7.62. The molecular formula is C12H25N3O. The predicted octanol–water partition coefficient (Wildman–Crippen LogP) is 0.716. The molecule has 0 unspecified atom stereocenters. The first-order valence-corrected chi connectivity index (χ1v) is 6.37. The molecule has 1 rings (SSSR count). The minimum Gasteiger partial charge on any atom is -0.370 e. The van der Waals surface area contributed by atoms with Crippen LogP contribution in [0.25, 0.3) is 0 Å². The van der Waals surface area contributed by atoms with Crippen LogP contribution in [0.1, 0.15) is 39.5 Å². The van der Waals surface area contributed by atoms with Gasteiger partial charge in [-0.1, -0.05) is 13.8 Å². The lowest BCUT2D eigenvalue weighted by Crippen LogP contribution is -2.55. The van der Waals surface area contributed by atoms with Crippen molar-refractivity contribution in [1.82, 2.24) is 10.2 Å². The quantitative estimate of drug-likeness (QED) is 0.703. The topological polar surface area (TPSA) is 58.4 Å². The summed E-state index contributed by atoms with van der Waals surface area (Å²) < 4.78 is 0. The van der Waals surface area contributed by atoms with Crippen LogP contribution >= 0.6 is 0 Å². The summed E-state index contributed by atoms with van der Waals surface area (Å²) in [5.74, 6) is -0.187. The number of carbonyl (C=O) groups is 1.